The van der Waals surface area contributed by atoms with Crippen LogP contribution in [-0.4, -0.2) is 12.9 Å². The molecule has 0 aliphatic rings. The molecule has 0 N–H and O–H groups in total. The van der Waals surface area contributed by atoms with Gasteiger partial charge in [-0.1, -0.05) is 41.7 Å². The predicted molar refractivity (Wildman–Crippen MR) is 75.4 cm³/mol. The number of carbonyl (C=O) groups is 1. The molecule has 2 rings (SSSR count). The molecular weight excluding hydrogens is 236 g/mol. The van der Waals surface area contributed by atoms with E-state index < -0.39 is 0 Å². The number of carbonyl (C=O) groups excluding carboxylic acids is 1. The van der Waals surface area contributed by atoms with E-state index in [1.807, 2.05) is 43.3 Å². The molecule has 0 radical (unpaired) electrons. The van der Waals surface area contributed by atoms with Crippen LogP contribution in [0.25, 0.3) is 0 Å². The Labute approximate surface area is 113 Å². The quantitative estimate of drug-likeness (QED) is 0.617. The highest BCUT2D eigenvalue weighted by molar-refractivity contribution is 5.79. The number of rotatable bonds is 3. The van der Waals surface area contributed by atoms with Crippen molar-refractivity contribution in [3.8, 4) is 17.6 Å². The smallest absolute Gasteiger partial charge is 0.153 e. The van der Waals surface area contributed by atoms with Gasteiger partial charge in [-0.3, -0.25) is 4.79 Å². The summed E-state index contributed by atoms with van der Waals surface area (Å²) in [6.07, 6.45) is 0.799. The number of aryl methyl sites for hydroxylation is 1. The van der Waals surface area contributed by atoms with Crippen molar-refractivity contribution in [2.24, 2.45) is 0 Å². The van der Waals surface area contributed by atoms with E-state index in [2.05, 4.69) is 11.8 Å². The molecule has 0 aliphatic carbocycles. The van der Waals surface area contributed by atoms with Crippen molar-refractivity contribution >= 4 is 6.29 Å². The summed E-state index contributed by atoms with van der Waals surface area (Å²) in [5.41, 5.74) is 2.54. The molecule has 0 atom stereocenters. The first-order valence-electron chi connectivity index (χ1n) is 6.02. The highest BCUT2D eigenvalue weighted by Crippen LogP contribution is 2.17. The van der Waals surface area contributed by atoms with Gasteiger partial charge in [-0.2, -0.15) is 0 Å². The zero-order valence-corrected chi connectivity index (χ0v) is 10.7. The number of aldehydes is 1. The Balaban J connectivity index is 2.00. The average Bonchev–Trinajstić information content (AvgIpc) is 2.46. The average molecular weight is 250 g/mol. The van der Waals surface area contributed by atoms with Crippen LogP contribution < -0.4 is 4.74 Å². The summed E-state index contributed by atoms with van der Waals surface area (Å²) in [5, 5.41) is 0. The third-order valence-corrected chi connectivity index (χ3v) is 2.60. The molecule has 0 spiro atoms. The third-order valence-electron chi connectivity index (χ3n) is 2.60. The maximum atomic E-state index is 10.9. The second kappa shape index (κ2) is 6.42. The Kier molecular flexibility index (Phi) is 4.36. The Morgan fingerprint density at radius 2 is 1.95 bits per heavy atom. The highest BCUT2D eigenvalue weighted by Gasteiger charge is 2.01. The van der Waals surface area contributed by atoms with E-state index >= 15 is 0 Å². The Hall–Kier alpha value is -2.53. The lowest BCUT2D eigenvalue weighted by Gasteiger charge is -2.05. The summed E-state index contributed by atoms with van der Waals surface area (Å²) in [4.78, 5) is 10.9. The lowest BCUT2D eigenvalue weighted by atomic mass is 10.1. The highest BCUT2D eigenvalue weighted by atomic mass is 16.5. The largest absolute Gasteiger partial charge is 0.480 e. The van der Waals surface area contributed by atoms with Gasteiger partial charge < -0.3 is 4.74 Å². The second-order valence-electron chi connectivity index (χ2n) is 4.12. The molecule has 0 saturated heterocycles. The topological polar surface area (TPSA) is 26.3 Å². The Morgan fingerprint density at radius 3 is 2.68 bits per heavy atom. The second-order valence-corrected chi connectivity index (χ2v) is 4.12. The number of ether oxygens (including phenoxy) is 1. The van der Waals surface area contributed by atoms with E-state index in [9.17, 15) is 4.79 Å². The van der Waals surface area contributed by atoms with Crippen molar-refractivity contribution < 1.29 is 9.53 Å². The molecule has 2 heteroatoms. The van der Waals surface area contributed by atoms with Gasteiger partial charge in [0.15, 0.2) is 6.29 Å². The van der Waals surface area contributed by atoms with Gasteiger partial charge in [-0.25, -0.2) is 0 Å². The summed E-state index contributed by atoms with van der Waals surface area (Å²) in [6, 6.07) is 15.2. The van der Waals surface area contributed by atoms with Crippen molar-refractivity contribution in [3.05, 3.63) is 65.2 Å². The molecule has 2 nitrogen and oxygen atoms in total. The van der Waals surface area contributed by atoms with Crippen molar-refractivity contribution in [2.45, 2.75) is 6.92 Å². The van der Waals surface area contributed by atoms with Gasteiger partial charge in [0.05, 0.1) is 5.56 Å². The summed E-state index contributed by atoms with van der Waals surface area (Å²) >= 11 is 0. The van der Waals surface area contributed by atoms with Crippen LogP contribution in [-0.2, 0) is 0 Å². The first-order chi connectivity index (χ1) is 9.29. The Morgan fingerprint density at radius 1 is 1.16 bits per heavy atom. The van der Waals surface area contributed by atoms with Gasteiger partial charge in [0.1, 0.15) is 12.4 Å². The van der Waals surface area contributed by atoms with E-state index in [0.717, 1.165) is 17.4 Å². The number of hydrogen-bond donors (Lipinski definition) is 0. The lowest BCUT2D eigenvalue weighted by molar-refractivity contribution is 0.112. The molecule has 0 bridgehead atoms. The fourth-order valence-corrected chi connectivity index (χ4v) is 1.66. The normalized spacial score (nSPS) is 9.32. The molecule has 94 valence electrons. The molecule has 0 aliphatic heterocycles. The first-order valence-corrected chi connectivity index (χ1v) is 6.02. The van der Waals surface area contributed by atoms with Crippen molar-refractivity contribution in [1.29, 1.82) is 0 Å². The zero-order valence-electron chi connectivity index (χ0n) is 10.7. The summed E-state index contributed by atoms with van der Waals surface area (Å²) < 4.78 is 5.50. The van der Waals surface area contributed by atoms with E-state index in [1.165, 1.54) is 0 Å². The maximum Gasteiger partial charge on any atom is 0.153 e. The number of hydrogen-bond acceptors (Lipinski definition) is 2. The molecule has 19 heavy (non-hydrogen) atoms. The van der Waals surface area contributed by atoms with Crippen molar-refractivity contribution in [1.82, 2.24) is 0 Å². The van der Waals surface area contributed by atoms with E-state index in [1.54, 1.807) is 12.1 Å². The Bertz CT molecular complexity index is 619. The molecule has 0 heterocycles. The molecule has 0 saturated carbocycles. The monoisotopic (exact) mass is 250 g/mol. The molecule has 0 amide bonds. The van der Waals surface area contributed by atoms with Gasteiger partial charge in [-0.05, 0) is 31.2 Å². The van der Waals surface area contributed by atoms with Crippen molar-refractivity contribution in [3.63, 3.8) is 0 Å². The third kappa shape index (κ3) is 3.72. The van der Waals surface area contributed by atoms with Crippen LogP contribution in [0.4, 0.5) is 0 Å². The lowest BCUT2D eigenvalue weighted by Crippen LogP contribution is -1.98. The first kappa shape index (κ1) is 12.9. The van der Waals surface area contributed by atoms with Crippen LogP contribution >= 0.6 is 0 Å². The molecule has 0 fully saturated rings. The fraction of sp³-hybridized carbons (Fsp3) is 0.118. The zero-order chi connectivity index (χ0) is 13.5. The minimum atomic E-state index is 0.263. The van der Waals surface area contributed by atoms with Crippen LogP contribution in [0.2, 0.25) is 0 Å². The van der Waals surface area contributed by atoms with Crippen LogP contribution in [0.1, 0.15) is 21.5 Å². The van der Waals surface area contributed by atoms with Gasteiger partial charge in [-0.15, -0.1) is 0 Å². The van der Waals surface area contributed by atoms with Gasteiger partial charge >= 0.3 is 0 Å². The van der Waals surface area contributed by atoms with E-state index in [0.29, 0.717) is 11.3 Å². The minimum absolute atomic E-state index is 0.263. The van der Waals surface area contributed by atoms with Gasteiger partial charge in [0.2, 0.25) is 0 Å². The van der Waals surface area contributed by atoms with Gasteiger partial charge in [0.25, 0.3) is 0 Å². The molecule has 2 aromatic carbocycles. The fourth-order valence-electron chi connectivity index (χ4n) is 1.66. The maximum absolute atomic E-state index is 10.9. The summed E-state index contributed by atoms with van der Waals surface area (Å²) in [5.74, 6) is 6.50. The van der Waals surface area contributed by atoms with E-state index in [4.69, 9.17) is 4.74 Å². The SMILES string of the molecule is Cc1ccc(OCC#Cc2ccccc2)c(C=O)c1. The molecular formula is C17H14O2. The predicted octanol–water partition coefficient (Wildman–Crippen LogP) is 3.24. The van der Waals surface area contributed by atoms with Gasteiger partial charge in [0, 0.05) is 5.56 Å². The minimum Gasteiger partial charge on any atom is -0.480 e. The summed E-state index contributed by atoms with van der Waals surface area (Å²) in [6.45, 7) is 2.20. The molecule has 0 aromatic heterocycles. The summed E-state index contributed by atoms with van der Waals surface area (Å²) in [7, 11) is 0. The van der Waals surface area contributed by atoms with Crippen LogP contribution in [0.5, 0.6) is 5.75 Å². The molecule has 0 unspecified atom stereocenters. The molecule has 2 aromatic rings. The standard InChI is InChI=1S/C17H14O2/c1-14-9-10-17(16(12-14)13-18)19-11-5-8-15-6-3-2-4-7-15/h2-4,6-7,9-10,12-13H,11H2,1H3. The van der Waals surface area contributed by atoms with E-state index in [-0.39, 0.29) is 6.61 Å². The van der Waals surface area contributed by atoms with Crippen LogP contribution in [0, 0.1) is 18.8 Å². The van der Waals surface area contributed by atoms with Crippen LogP contribution in [0.3, 0.4) is 0 Å². The van der Waals surface area contributed by atoms with Crippen molar-refractivity contribution in [2.75, 3.05) is 6.61 Å². The van der Waals surface area contributed by atoms with Crippen LogP contribution in [0.15, 0.2) is 48.5 Å². The number of benzene rings is 2.